The molecule has 68 valence electrons. The number of hydrogen-bond acceptors (Lipinski definition) is 6. The van der Waals surface area contributed by atoms with Crippen molar-refractivity contribution < 1.29 is 14.3 Å². The van der Waals surface area contributed by atoms with Crippen molar-refractivity contribution in [2.45, 2.75) is 0 Å². The van der Waals surface area contributed by atoms with Crippen LogP contribution in [-0.2, 0) is 9.53 Å². The van der Waals surface area contributed by atoms with E-state index in [9.17, 15) is 9.59 Å². The van der Waals surface area contributed by atoms with E-state index in [1.165, 1.54) is 0 Å². The van der Waals surface area contributed by atoms with Crippen LogP contribution in [0.2, 0.25) is 0 Å². The second kappa shape index (κ2) is 3.53. The van der Waals surface area contributed by atoms with Gasteiger partial charge in [0.15, 0.2) is 6.19 Å². The molecule has 0 saturated heterocycles. The Balaban J connectivity index is 2.81. The largest absolute Gasteiger partial charge is 0.452 e. The third-order valence-electron chi connectivity index (χ3n) is 1.35. The number of nitrogens with one attached hydrogen (secondary N) is 1. The lowest BCUT2D eigenvalue weighted by Gasteiger charge is -2.12. The number of ether oxygens (including phenoxy) is 1. The molecule has 0 bridgehead atoms. The molecule has 0 atom stereocenters. The second-order valence-electron chi connectivity index (χ2n) is 2.08. The van der Waals surface area contributed by atoms with Crippen molar-refractivity contribution >= 4 is 18.0 Å². The average Bonchev–Trinajstić information content (AvgIpc) is 2.47. The zero-order chi connectivity index (χ0) is 9.84. The quantitative estimate of drug-likeness (QED) is 0.384. The van der Waals surface area contributed by atoms with Crippen LogP contribution >= 0.6 is 0 Å². The fraction of sp³-hybridized carbons (Fsp3) is 0.333. The molecule has 0 fully saturated rings. The first-order valence-electron chi connectivity index (χ1n) is 3.31. The van der Waals surface area contributed by atoms with Gasteiger partial charge in [0, 0.05) is 0 Å². The minimum atomic E-state index is -0.857. The Kier molecular flexibility index (Phi) is 2.44. The van der Waals surface area contributed by atoms with E-state index >= 15 is 0 Å². The number of aliphatic imine (C=N–C) groups is 1. The Hall–Kier alpha value is -2.10. The summed E-state index contributed by atoms with van der Waals surface area (Å²) in [5.41, 5.74) is 0. The minimum absolute atomic E-state index is 0.0978. The molecule has 0 radical (unpaired) electrons. The van der Waals surface area contributed by atoms with Gasteiger partial charge in [-0.25, -0.2) is 9.79 Å². The molecule has 1 rings (SSSR count). The molecule has 0 saturated carbocycles. The molecule has 0 aromatic rings. The van der Waals surface area contributed by atoms with Crippen LogP contribution in [-0.4, -0.2) is 36.5 Å². The van der Waals surface area contributed by atoms with E-state index in [4.69, 9.17) is 5.26 Å². The lowest BCUT2D eigenvalue weighted by molar-refractivity contribution is -0.123. The molecule has 2 amide bonds. The predicted octanol–water partition coefficient (Wildman–Crippen LogP) is -0.978. The van der Waals surface area contributed by atoms with Gasteiger partial charge in [-0.05, 0) is 0 Å². The van der Waals surface area contributed by atoms with Gasteiger partial charge in [0.2, 0.25) is 5.96 Å². The van der Waals surface area contributed by atoms with Gasteiger partial charge >= 0.3 is 6.09 Å². The van der Waals surface area contributed by atoms with Crippen LogP contribution in [0.3, 0.4) is 0 Å². The number of guanidine groups is 1. The predicted molar refractivity (Wildman–Crippen MR) is 40.3 cm³/mol. The molecule has 1 N–H and O–H groups in total. The van der Waals surface area contributed by atoms with E-state index < -0.39 is 12.0 Å². The number of rotatable bonds is 0. The van der Waals surface area contributed by atoms with Crippen molar-refractivity contribution in [1.82, 2.24) is 10.2 Å². The maximum atomic E-state index is 11.0. The number of nitrogens with zero attached hydrogens (tertiary/aromatic N) is 3. The maximum absolute atomic E-state index is 11.0. The van der Waals surface area contributed by atoms with Gasteiger partial charge in [-0.15, -0.1) is 0 Å². The molecule has 0 aliphatic carbocycles. The molecule has 0 spiro atoms. The average molecular weight is 182 g/mol. The van der Waals surface area contributed by atoms with E-state index in [2.05, 4.69) is 15.0 Å². The third-order valence-corrected chi connectivity index (χ3v) is 1.35. The molecular weight excluding hydrogens is 176 g/mol. The lowest BCUT2D eigenvalue weighted by atomic mass is 10.6. The monoisotopic (exact) mass is 182 g/mol. The molecular formula is C6H6N4O3. The Morgan fingerprint density at radius 1 is 1.85 bits per heavy atom. The third kappa shape index (κ3) is 1.56. The number of imide groups is 1. The van der Waals surface area contributed by atoms with Crippen LogP contribution in [0.25, 0.3) is 0 Å². The Labute approximate surface area is 73.6 Å². The summed E-state index contributed by atoms with van der Waals surface area (Å²) in [5, 5.41) is 10.4. The standard InChI is InChI=1S/C6H6N4O3/c1-13-6(12)10-4(11)2-8-5(10)9-3-7/h2H2,1H3,(H,8,9). The first-order valence-corrected chi connectivity index (χ1v) is 3.31. The molecule has 1 heterocycles. The summed E-state index contributed by atoms with van der Waals surface area (Å²) < 4.78 is 4.32. The smallest absolute Gasteiger partial charge is 0.423 e. The summed E-state index contributed by atoms with van der Waals surface area (Å²) in [6.07, 6.45) is 0.699. The fourth-order valence-corrected chi connectivity index (χ4v) is 0.827. The van der Waals surface area contributed by atoms with Crippen LogP contribution in [0, 0.1) is 11.5 Å². The SMILES string of the molecule is COC(=O)N1C(=O)CN=C1NC#N. The number of carbonyl (C=O) groups excluding carboxylic acids is 2. The Morgan fingerprint density at radius 3 is 3.08 bits per heavy atom. The number of carbonyl (C=O) groups is 2. The van der Waals surface area contributed by atoms with Gasteiger partial charge in [-0.2, -0.15) is 10.2 Å². The van der Waals surface area contributed by atoms with Gasteiger partial charge < -0.3 is 4.74 Å². The van der Waals surface area contributed by atoms with E-state index in [1.807, 2.05) is 0 Å². The zero-order valence-corrected chi connectivity index (χ0v) is 6.77. The van der Waals surface area contributed by atoms with Gasteiger partial charge in [0.1, 0.15) is 6.54 Å². The number of hydrogen-bond donors (Lipinski definition) is 1. The molecule has 0 aromatic heterocycles. The molecule has 13 heavy (non-hydrogen) atoms. The minimum Gasteiger partial charge on any atom is -0.452 e. The molecule has 7 heteroatoms. The van der Waals surface area contributed by atoms with Crippen molar-refractivity contribution in [3.63, 3.8) is 0 Å². The summed E-state index contributed by atoms with van der Waals surface area (Å²) in [6.45, 7) is -0.154. The van der Waals surface area contributed by atoms with E-state index in [0.29, 0.717) is 4.90 Å². The van der Waals surface area contributed by atoms with Crippen LogP contribution in [0.4, 0.5) is 4.79 Å². The summed E-state index contributed by atoms with van der Waals surface area (Å²) in [7, 11) is 1.14. The Morgan fingerprint density at radius 2 is 2.54 bits per heavy atom. The topological polar surface area (TPSA) is 94.8 Å². The first kappa shape index (κ1) is 8.99. The lowest BCUT2D eigenvalue weighted by Crippen LogP contribution is -2.43. The van der Waals surface area contributed by atoms with Gasteiger partial charge in [0.25, 0.3) is 5.91 Å². The zero-order valence-electron chi connectivity index (χ0n) is 6.77. The fourth-order valence-electron chi connectivity index (χ4n) is 0.827. The van der Waals surface area contributed by atoms with E-state index in [-0.39, 0.29) is 12.5 Å². The van der Waals surface area contributed by atoms with Gasteiger partial charge in [-0.1, -0.05) is 0 Å². The van der Waals surface area contributed by atoms with Crippen molar-refractivity contribution in [1.29, 1.82) is 5.26 Å². The van der Waals surface area contributed by atoms with Crippen molar-refractivity contribution in [3.05, 3.63) is 0 Å². The van der Waals surface area contributed by atoms with Crippen LogP contribution < -0.4 is 5.32 Å². The summed E-state index contributed by atoms with van der Waals surface area (Å²) >= 11 is 0. The van der Waals surface area contributed by atoms with Crippen LogP contribution in [0.5, 0.6) is 0 Å². The molecule has 0 aromatic carbocycles. The molecule has 7 nitrogen and oxygen atoms in total. The van der Waals surface area contributed by atoms with Crippen LogP contribution in [0.15, 0.2) is 4.99 Å². The molecule has 1 aliphatic heterocycles. The van der Waals surface area contributed by atoms with Crippen molar-refractivity contribution in [2.75, 3.05) is 13.7 Å². The van der Waals surface area contributed by atoms with Crippen molar-refractivity contribution in [3.8, 4) is 6.19 Å². The van der Waals surface area contributed by atoms with Crippen molar-refractivity contribution in [2.24, 2.45) is 4.99 Å². The van der Waals surface area contributed by atoms with Crippen LogP contribution in [0.1, 0.15) is 0 Å². The maximum Gasteiger partial charge on any atom is 0.423 e. The highest BCUT2D eigenvalue weighted by molar-refractivity contribution is 6.14. The van der Waals surface area contributed by atoms with Gasteiger partial charge in [0.05, 0.1) is 7.11 Å². The highest BCUT2D eigenvalue weighted by Gasteiger charge is 2.32. The molecule has 1 aliphatic rings. The first-order chi connectivity index (χ1) is 6.20. The van der Waals surface area contributed by atoms with Gasteiger partial charge in [-0.3, -0.25) is 10.1 Å². The Bertz CT molecular complexity index is 316. The summed E-state index contributed by atoms with van der Waals surface area (Å²) in [4.78, 5) is 26.3. The van der Waals surface area contributed by atoms with E-state index in [1.54, 1.807) is 6.19 Å². The highest BCUT2D eigenvalue weighted by atomic mass is 16.5. The second-order valence-corrected chi connectivity index (χ2v) is 2.08. The normalized spacial score (nSPS) is 14.9. The number of amides is 2. The number of nitriles is 1. The molecule has 0 unspecified atom stereocenters. The summed E-state index contributed by atoms with van der Waals surface area (Å²) in [5.74, 6) is -0.621. The number of methoxy groups -OCH3 is 1. The van der Waals surface area contributed by atoms with E-state index in [0.717, 1.165) is 7.11 Å². The summed E-state index contributed by atoms with van der Waals surface area (Å²) in [6, 6.07) is 0. The highest BCUT2D eigenvalue weighted by Crippen LogP contribution is 2.03.